The Kier molecular flexibility index (Phi) is 5.41. The van der Waals surface area contributed by atoms with Gasteiger partial charge in [0.25, 0.3) is 5.56 Å². The van der Waals surface area contributed by atoms with Crippen molar-refractivity contribution in [2.75, 3.05) is 5.32 Å². The largest absolute Gasteiger partial charge is 0.310 e. The molecule has 0 atom stereocenters. The molecule has 140 valence electrons. The third-order valence-corrected chi connectivity index (χ3v) is 4.39. The molecule has 7 nitrogen and oxygen atoms in total. The van der Waals surface area contributed by atoms with Gasteiger partial charge >= 0.3 is 0 Å². The van der Waals surface area contributed by atoms with Crippen molar-refractivity contribution in [3.8, 4) is 5.95 Å². The molecule has 3 aromatic rings. The maximum Gasteiger partial charge on any atom is 0.255 e. The van der Waals surface area contributed by atoms with Gasteiger partial charge in [-0.1, -0.05) is 30.7 Å². The third-order valence-electron chi connectivity index (χ3n) is 4.14. The first kappa shape index (κ1) is 18.8. The summed E-state index contributed by atoms with van der Waals surface area (Å²) in [7, 11) is 0. The summed E-state index contributed by atoms with van der Waals surface area (Å²) in [5.41, 5.74) is 2.61. The van der Waals surface area contributed by atoms with Crippen LogP contribution in [0.1, 0.15) is 29.4 Å². The van der Waals surface area contributed by atoms with Gasteiger partial charge in [0.15, 0.2) is 0 Å². The number of aromatic nitrogens is 4. The van der Waals surface area contributed by atoms with Crippen LogP contribution in [0.15, 0.2) is 35.1 Å². The molecule has 0 saturated carbocycles. The molecule has 3 rings (SSSR count). The topological polar surface area (TPSA) is 92.7 Å². The molecule has 0 bridgehead atoms. The zero-order chi connectivity index (χ0) is 19.6. The van der Waals surface area contributed by atoms with E-state index < -0.39 is 0 Å². The van der Waals surface area contributed by atoms with E-state index in [1.54, 1.807) is 44.2 Å². The number of benzene rings is 1. The van der Waals surface area contributed by atoms with E-state index in [9.17, 15) is 9.59 Å². The van der Waals surface area contributed by atoms with Crippen molar-refractivity contribution in [2.24, 2.45) is 0 Å². The van der Waals surface area contributed by atoms with Crippen molar-refractivity contribution < 1.29 is 4.79 Å². The number of H-pyrrole nitrogens is 1. The van der Waals surface area contributed by atoms with E-state index in [1.165, 1.54) is 4.68 Å². The second-order valence-corrected chi connectivity index (χ2v) is 6.68. The fourth-order valence-electron chi connectivity index (χ4n) is 2.84. The fraction of sp³-hybridized carbons (Fsp3) is 0.263. The van der Waals surface area contributed by atoms with Crippen LogP contribution in [0.3, 0.4) is 0 Å². The Bertz CT molecular complexity index is 1040. The molecular weight excluding hydrogens is 366 g/mol. The molecule has 0 spiro atoms. The Morgan fingerprint density at radius 1 is 1.26 bits per heavy atom. The fourth-order valence-corrected chi connectivity index (χ4v) is 2.96. The molecule has 27 heavy (non-hydrogen) atoms. The Morgan fingerprint density at radius 3 is 2.59 bits per heavy atom. The van der Waals surface area contributed by atoms with Crippen LogP contribution in [0, 0.1) is 13.8 Å². The second kappa shape index (κ2) is 7.75. The molecule has 0 unspecified atom stereocenters. The SMILES string of the molecule is CCc1c(C)nc(-n2nc(C)cc2NC(=O)Cc2ccc(Cl)cc2)[nH]c1=O. The number of rotatable bonds is 5. The van der Waals surface area contributed by atoms with Crippen molar-refractivity contribution in [1.29, 1.82) is 0 Å². The van der Waals surface area contributed by atoms with Gasteiger partial charge in [0, 0.05) is 22.3 Å². The number of carbonyl (C=O) groups is 1. The molecule has 8 heteroatoms. The maximum absolute atomic E-state index is 12.4. The van der Waals surface area contributed by atoms with E-state index in [0.717, 1.165) is 5.56 Å². The Hall–Kier alpha value is -2.93. The number of hydrogen-bond donors (Lipinski definition) is 2. The highest BCUT2D eigenvalue weighted by Gasteiger charge is 2.15. The third kappa shape index (κ3) is 4.25. The van der Waals surface area contributed by atoms with Gasteiger partial charge in [-0.05, 0) is 38.0 Å². The summed E-state index contributed by atoms with van der Waals surface area (Å²) in [6.07, 6.45) is 0.788. The highest BCUT2D eigenvalue weighted by Crippen LogP contribution is 2.16. The van der Waals surface area contributed by atoms with Crippen molar-refractivity contribution in [1.82, 2.24) is 19.7 Å². The van der Waals surface area contributed by atoms with E-state index in [0.29, 0.717) is 34.2 Å². The summed E-state index contributed by atoms with van der Waals surface area (Å²) < 4.78 is 1.43. The summed E-state index contributed by atoms with van der Waals surface area (Å²) in [6.45, 7) is 5.49. The number of aromatic amines is 1. The number of nitrogens with one attached hydrogen (secondary N) is 2. The van der Waals surface area contributed by atoms with E-state index in [4.69, 9.17) is 11.6 Å². The van der Waals surface area contributed by atoms with Crippen LogP contribution in [0.4, 0.5) is 5.82 Å². The monoisotopic (exact) mass is 385 g/mol. The first-order valence-corrected chi connectivity index (χ1v) is 8.96. The van der Waals surface area contributed by atoms with Gasteiger partial charge in [0.1, 0.15) is 5.82 Å². The minimum Gasteiger partial charge on any atom is -0.310 e. The van der Waals surface area contributed by atoms with Crippen LogP contribution in [0.2, 0.25) is 5.02 Å². The predicted octanol–water partition coefficient (Wildman–Crippen LogP) is 2.97. The zero-order valence-electron chi connectivity index (χ0n) is 15.3. The number of nitrogens with zero attached hydrogens (tertiary/aromatic N) is 3. The van der Waals surface area contributed by atoms with Gasteiger partial charge in [0.05, 0.1) is 12.1 Å². The van der Waals surface area contributed by atoms with Crippen molar-refractivity contribution in [2.45, 2.75) is 33.6 Å². The number of halogens is 1. The van der Waals surface area contributed by atoms with Crippen molar-refractivity contribution in [3.05, 3.63) is 68.2 Å². The minimum absolute atomic E-state index is 0.194. The van der Waals surface area contributed by atoms with Gasteiger partial charge < -0.3 is 5.32 Å². The summed E-state index contributed by atoms with van der Waals surface area (Å²) in [5, 5.41) is 7.79. The average molecular weight is 386 g/mol. The lowest BCUT2D eigenvalue weighted by molar-refractivity contribution is -0.115. The lowest BCUT2D eigenvalue weighted by Crippen LogP contribution is -2.22. The molecule has 2 heterocycles. The Balaban J connectivity index is 1.87. The number of anilines is 1. The molecule has 0 aliphatic heterocycles. The molecule has 0 saturated heterocycles. The molecule has 0 aliphatic rings. The second-order valence-electron chi connectivity index (χ2n) is 6.24. The van der Waals surface area contributed by atoms with E-state index in [2.05, 4.69) is 20.4 Å². The van der Waals surface area contributed by atoms with Gasteiger partial charge in [-0.2, -0.15) is 9.78 Å². The smallest absolute Gasteiger partial charge is 0.255 e. The van der Waals surface area contributed by atoms with E-state index in [-0.39, 0.29) is 23.8 Å². The number of hydrogen-bond acceptors (Lipinski definition) is 4. The first-order chi connectivity index (χ1) is 12.9. The highest BCUT2D eigenvalue weighted by atomic mass is 35.5. The molecule has 2 aromatic heterocycles. The van der Waals surface area contributed by atoms with Crippen LogP contribution in [-0.4, -0.2) is 25.7 Å². The average Bonchev–Trinajstić information content (AvgIpc) is 2.97. The van der Waals surface area contributed by atoms with Gasteiger partial charge in [-0.15, -0.1) is 0 Å². The normalized spacial score (nSPS) is 10.8. The summed E-state index contributed by atoms with van der Waals surface area (Å²) in [5.74, 6) is 0.505. The van der Waals surface area contributed by atoms with Crippen LogP contribution >= 0.6 is 11.6 Å². The quantitative estimate of drug-likeness (QED) is 0.706. The van der Waals surface area contributed by atoms with Crippen LogP contribution in [0.5, 0.6) is 0 Å². The highest BCUT2D eigenvalue weighted by molar-refractivity contribution is 6.30. The van der Waals surface area contributed by atoms with Gasteiger partial charge in [-0.3, -0.25) is 14.6 Å². The maximum atomic E-state index is 12.4. The summed E-state index contributed by atoms with van der Waals surface area (Å²) in [4.78, 5) is 31.8. The van der Waals surface area contributed by atoms with Crippen LogP contribution in [-0.2, 0) is 17.6 Å². The Labute approximate surface area is 161 Å². The van der Waals surface area contributed by atoms with E-state index in [1.807, 2.05) is 6.92 Å². The molecule has 2 N–H and O–H groups in total. The predicted molar refractivity (Wildman–Crippen MR) is 105 cm³/mol. The minimum atomic E-state index is -0.206. The zero-order valence-corrected chi connectivity index (χ0v) is 16.1. The number of aryl methyl sites for hydroxylation is 2. The van der Waals surface area contributed by atoms with Crippen LogP contribution in [0.25, 0.3) is 5.95 Å². The summed E-state index contributed by atoms with van der Waals surface area (Å²) in [6, 6.07) is 8.81. The summed E-state index contributed by atoms with van der Waals surface area (Å²) >= 11 is 5.87. The molecular formula is C19H20ClN5O2. The number of amides is 1. The Morgan fingerprint density at radius 2 is 1.96 bits per heavy atom. The molecule has 0 aliphatic carbocycles. The molecule has 0 fully saturated rings. The lowest BCUT2D eigenvalue weighted by Gasteiger charge is -2.10. The standard InChI is InChI=1S/C19H20ClN5O2/c1-4-15-12(3)21-19(23-18(15)27)25-16(9-11(2)24-25)22-17(26)10-13-5-7-14(20)8-6-13/h5-9H,4,10H2,1-3H3,(H,22,26)(H,21,23,27). The van der Waals surface area contributed by atoms with Gasteiger partial charge in [-0.25, -0.2) is 4.98 Å². The van der Waals surface area contributed by atoms with Crippen molar-refractivity contribution >= 4 is 23.3 Å². The molecule has 0 radical (unpaired) electrons. The van der Waals surface area contributed by atoms with Crippen molar-refractivity contribution in [3.63, 3.8) is 0 Å². The number of carbonyl (C=O) groups excluding carboxylic acids is 1. The molecule has 1 amide bonds. The molecule has 1 aromatic carbocycles. The lowest BCUT2D eigenvalue weighted by atomic mass is 10.1. The first-order valence-electron chi connectivity index (χ1n) is 8.58. The van der Waals surface area contributed by atoms with Gasteiger partial charge in [0.2, 0.25) is 11.9 Å². The van der Waals surface area contributed by atoms with Crippen LogP contribution < -0.4 is 10.9 Å². The van der Waals surface area contributed by atoms with E-state index >= 15 is 0 Å².